The van der Waals surface area contributed by atoms with Gasteiger partial charge in [0.25, 0.3) is 5.91 Å². The number of hydrogen-bond donors (Lipinski definition) is 0. The average molecular weight is 492 g/mol. The highest BCUT2D eigenvalue weighted by molar-refractivity contribution is 6.04. The molecule has 0 aliphatic carbocycles. The van der Waals surface area contributed by atoms with E-state index in [0.717, 1.165) is 41.0 Å². The molecule has 4 rings (SSSR count). The van der Waals surface area contributed by atoms with Crippen LogP contribution in [0.25, 0.3) is 0 Å². The molecule has 0 saturated carbocycles. The van der Waals surface area contributed by atoms with Crippen molar-refractivity contribution >= 4 is 17.6 Å². The van der Waals surface area contributed by atoms with Gasteiger partial charge in [-0.2, -0.15) is 5.10 Å². The average Bonchev–Trinajstić information content (AvgIpc) is 3.30. The number of carbonyl (C=O) groups excluding carboxylic acids is 2. The number of likely N-dealkylation sites (tertiary alicyclic amines) is 1. The van der Waals surface area contributed by atoms with Gasteiger partial charge in [0, 0.05) is 12.0 Å². The lowest BCUT2D eigenvalue weighted by Crippen LogP contribution is -2.49. The first-order valence-corrected chi connectivity index (χ1v) is 13.0. The Hall–Kier alpha value is -3.19. The van der Waals surface area contributed by atoms with Gasteiger partial charge in [-0.15, -0.1) is 0 Å². The fourth-order valence-electron chi connectivity index (χ4n) is 5.18. The van der Waals surface area contributed by atoms with Gasteiger partial charge < -0.3 is 9.47 Å². The molecular weight excluding hydrogens is 454 g/mol. The molecule has 2 aromatic rings. The zero-order chi connectivity index (χ0) is 25.7. The number of hydrogen-bond acceptors (Lipinski definition) is 6. The maximum Gasteiger partial charge on any atom is 0.323 e. The normalized spacial score (nSPS) is 20.2. The summed E-state index contributed by atoms with van der Waals surface area (Å²) in [6, 6.07) is 13.6. The van der Waals surface area contributed by atoms with Gasteiger partial charge in [0.15, 0.2) is 0 Å². The summed E-state index contributed by atoms with van der Waals surface area (Å²) >= 11 is 0. The zero-order valence-corrected chi connectivity index (χ0v) is 21.8. The monoisotopic (exact) mass is 491 g/mol. The molecule has 0 bridgehead atoms. The van der Waals surface area contributed by atoms with Crippen molar-refractivity contribution in [1.82, 2.24) is 9.91 Å². The summed E-state index contributed by atoms with van der Waals surface area (Å²) in [5.41, 5.74) is 5.32. The lowest BCUT2D eigenvalue weighted by atomic mass is 9.95. The van der Waals surface area contributed by atoms with Gasteiger partial charge in [-0.25, -0.2) is 5.01 Å². The van der Waals surface area contributed by atoms with Gasteiger partial charge in [-0.05, 0) is 70.3 Å². The summed E-state index contributed by atoms with van der Waals surface area (Å²) in [5.74, 6) is 0.456. The van der Waals surface area contributed by atoms with E-state index in [1.54, 1.807) is 5.01 Å². The van der Waals surface area contributed by atoms with Crippen molar-refractivity contribution in [1.29, 1.82) is 0 Å². The molecule has 0 radical (unpaired) electrons. The van der Waals surface area contributed by atoms with E-state index in [0.29, 0.717) is 32.6 Å². The Morgan fingerprint density at radius 1 is 1.03 bits per heavy atom. The molecule has 2 aliphatic rings. The first-order valence-electron chi connectivity index (χ1n) is 13.0. The summed E-state index contributed by atoms with van der Waals surface area (Å²) in [7, 11) is 0. The molecule has 1 amide bonds. The van der Waals surface area contributed by atoms with Gasteiger partial charge in [0.2, 0.25) is 0 Å². The lowest BCUT2D eigenvalue weighted by Gasteiger charge is -2.34. The maximum absolute atomic E-state index is 13.7. The van der Waals surface area contributed by atoms with Crippen LogP contribution in [0.5, 0.6) is 5.75 Å². The number of hydrazone groups is 1. The highest BCUT2D eigenvalue weighted by Gasteiger charge is 2.37. The second-order valence-electron chi connectivity index (χ2n) is 9.56. The van der Waals surface area contributed by atoms with E-state index in [2.05, 4.69) is 32.0 Å². The van der Waals surface area contributed by atoms with Gasteiger partial charge >= 0.3 is 5.97 Å². The first-order chi connectivity index (χ1) is 17.4. The van der Waals surface area contributed by atoms with Crippen molar-refractivity contribution in [2.75, 3.05) is 26.3 Å². The molecule has 2 atom stereocenters. The number of aryl methyl sites for hydroxylation is 2. The number of piperidine rings is 1. The highest BCUT2D eigenvalue weighted by atomic mass is 16.5. The van der Waals surface area contributed by atoms with Crippen molar-refractivity contribution in [3.8, 4) is 5.75 Å². The van der Waals surface area contributed by atoms with Crippen molar-refractivity contribution in [2.45, 2.75) is 65.5 Å². The van der Waals surface area contributed by atoms with Crippen LogP contribution in [0.1, 0.15) is 67.8 Å². The van der Waals surface area contributed by atoms with Crippen LogP contribution in [0.4, 0.5) is 0 Å². The fourth-order valence-corrected chi connectivity index (χ4v) is 5.18. The molecule has 0 spiro atoms. The second-order valence-corrected chi connectivity index (χ2v) is 9.56. The molecular formula is C29H37N3O4. The zero-order valence-electron chi connectivity index (χ0n) is 21.8. The van der Waals surface area contributed by atoms with E-state index in [9.17, 15) is 9.59 Å². The summed E-state index contributed by atoms with van der Waals surface area (Å²) in [4.78, 5) is 28.2. The van der Waals surface area contributed by atoms with Gasteiger partial charge in [-0.1, -0.05) is 42.3 Å². The third kappa shape index (κ3) is 5.78. The van der Waals surface area contributed by atoms with Crippen LogP contribution in [-0.2, 0) is 14.3 Å². The third-order valence-corrected chi connectivity index (χ3v) is 6.95. The Labute approximate surface area is 214 Å². The summed E-state index contributed by atoms with van der Waals surface area (Å²) < 4.78 is 10.9. The Kier molecular flexibility index (Phi) is 8.41. The third-order valence-electron chi connectivity index (χ3n) is 6.95. The lowest BCUT2D eigenvalue weighted by molar-refractivity contribution is -0.152. The number of ether oxygens (including phenoxy) is 2. The first kappa shape index (κ1) is 25.9. The maximum atomic E-state index is 13.7. The van der Waals surface area contributed by atoms with Crippen molar-refractivity contribution < 1.29 is 19.1 Å². The SMILES string of the molecule is CCOC(=O)C1CCCCN1CC(=O)N1N=C(c2ccc(C)cc2C)CC1c1ccc(OCC)cc1. The molecule has 0 N–H and O–H groups in total. The summed E-state index contributed by atoms with van der Waals surface area (Å²) in [5, 5.41) is 6.49. The van der Waals surface area contributed by atoms with E-state index >= 15 is 0 Å². The van der Waals surface area contributed by atoms with E-state index in [1.165, 1.54) is 5.56 Å². The molecule has 2 aromatic carbocycles. The van der Waals surface area contributed by atoms with Gasteiger partial charge in [0.1, 0.15) is 11.8 Å². The summed E-state index contributed by atoms with van der Waals surface area (Å²) in [6.07, 6.45) is 3.26. The van der Waals surface area contributed by atoms with Crippen molar-refractivity contribution in [3.05, 3.63) is 64.7 Å². The van der Waals surface area contributed by atoms with Gasteiger partial charge in [-0.3, -0.25) is 14.5 Å². The molecule has 1 fully saturated rings. The Morgan fingerprint density at radius 3 is 2.50 bits per heavy atom. The molecule has 7 heteroatoms. The van der Waals surface area contributed by atoms with E-state index in [4.69, 9.17) is 14.6 Å². The molecule has 0 aromatic heterocycles. The minimum Gasteiger partial charge on any atom is -0.494 e. The topological polar surface area (TPSA) is 71.4 Å². The smallest absolute Gasteiger partial charge is 0.323 e. The van der Waals surface area contributed by atoms with E-state index < -0.39 is 0 Å². The fraction of sp³-hybridized carbons (Fsp3) is 0.483. The number of carbonyl (C=O) groups is 2. The van der Waals surface area contributed by atoms with Crippen LogP contribution in [0.2, 0.25) is 0 Å². The predicted molar refractivity (Wildman–Crippen MR) is 140 cm³/mol. The number of esters is 1. The Balaban J connectivity index is 1.61. The van der Waals surface area contributed by atoms with Crippen LogP contribution in [0, 0.1) is 13.8 Å². The van der Waals surface area contributed by atoms with Crippen LogP contribution in [-0.4, -0.2) is 59.8 Å². The van der Waals surface area contributed by atoms with Crippen molar-refractivity contribution in [3.63, 3.8) is 0 Å². The van der Waals surface area contributed by atoms with Gasteiger partial charge in [0.05, 0.1) is 31.5 Å². The van der Waals surface area contributed by atoms with E-state index in [1.807, 2.05) is 43.0 Å². The largest absolute Gasteiger partial charge is 0.494 e. The Bertz CT molecular complexity index is 1110. The Morgan fingerprint density at radius 2 is 1.81 bits per heavy atom. The summed E-state index contributed by atoms with van der Waals surface area (Å²) in [6.45, 7) is 9.70. The quantitative estimate of drug-likeness (QED) is 0.496. The minimum atomic E-state index is -0.378. The van der Waals surface area contributed by atoms with Crippen LogP contribution in [0.3, 0.4) is 0 Å². The molecule has 2 unspecified atom stereocenters. The van der Waals surface area contributed by atoms with Crippen molar-refractivity contribution in [2.24, 2.45) is 5.10 Å². The minimum absolute atomic E-state index is 0.107. The van der Waals surface area contributed by atoms with Crippen LogP contribution >= 0.6 is 0 Å². The molecule has 2 heterocycles. The molecule has 7 nitrogen and oxygen atoms in total. The predicted octanol–water partition coefficient (Wildman–Crippen LogP) is 4.80. The number of nitrogens with zero attached hydrogens (tertiary/aromatic N) is 3. The number of amides is 1. The van der Waals surface area contributed by atoms with Crippen LogP contribution in [0.15, 0.2) is 47.6 Å². The second kappa shape index (κ2) is 11.7. The number of benzene rings is 2. The molecule has 1 saturated heterocycles. The van der Waals surface area contributed by atoms with Crippen LogP contribution < -0.4 is 4.74 Å². The van der Waals surface area contributed by atoms with E-state index in [-0.39, 0.29) is 30.5 Å². The number of rotatable bonds is 8. The molecule has 192 valence electrons. The standard InChI is InChI=1S/C29H37N3O4/c1-5-35-23-13-11-22(12-14-23)27-18-25(24-15-10-20(3)17-21(24)4)30-32(27)28(33)19-31-16-8-7-9-26(31)29(34)36-6-2/h10-15,17,26-27H,5-9,16,18-19H2,1-4H3. The molecule has 2 aliphatic heterocycles. The molecule has 36 heavy (non-hydrogen) atoms. The highest BCUT2D eigenvalue weighted by Crippen LogP contribution is 2.35.